The molecule has 0 aromatic rings. The summed E-state index contributed by atoms with van der Waals surface area (Å²) >= 11 is 0. The predicted molar refractivity (Wildman–Crippen MR) is 65.2 cm³/mol. The van der Waals surface area contributed by atoms with Crippen molar-refractivity contribution in [2.75, 3.05) is 18.8 Å². The van der Waals surface area contributed by atoms with Gasteiger partial charge in [-0.1, -0.05) is 6.08 Å². The summed E-state index contributed by atoms with van der Waals surface area (Å²) in [6.07, 6.45) is 3.76. The summed E-state index contributed by atoms with van der Waals surface area (Å²) in [7, 11) is -3.24. The van der Waals surface area contributed by atoms with Gasteiger partial charge in [0.05, 0.1) is 5.75 Å². The Kier molecular flexibility index (Phi) is 5.14. The molecule has 17 heavy (non-hydrogen) atoms. The van der Waals surface area contributed by atoms with Gasteiger partial charge in [0.15, 0.2) is 0 Å². The number of hydrogen-bond donors (Lipinski definition) is 1. The molecule has 0 spiro atoms. The molecule has 0 radical (unpaired) electrons. The van der Waals surface area contributed by atoms with Crippen LogP contribution in [0, 0.1) is 5.92 Å². The van der Waals surface area contributed by atoms with E-state index < -0.39 is 16.0 Å². The van der Waals surface area contributed by atoms with Crippen molar-refractivity contribution < 1.29 is 18.3 Å². The minimum absolute atomic E-state index is 0.0430. The molecule has 1 rings (SSSR count). The van der Waals surface area contributed by atoms with E-state index in [1.165, 1.54) is 10.4 Å². The third-order valence-corrected chi connectivity index (χ3v) is 4.75. The van der Waals surface area contributed by atoms with E-state index in [-0.39, 0.29) is 18.1 Å². The van der Waals surface area contributed by atoms with E-state index in [0.29, 0.717) is 19.5 Å². The number of sulfonamides is 1. The molecule has 0 saturated carbocycles. The van der Waals surface area contributed by atoms with Crippen LogP contribution >= 0.6 is 0 Å². The van der Waals surface area contributed by atoms with Crippen LogP contribution in [-0.2, 0) is 14.8 Å². The monoisotopic (exact) mass is 261 g/mol. The van der Waals surface area contributed by atoms with E-state index >= 15 is 0 Å². The first-order chi connectivity index (χ1) is 7.95. The summed E-state index contributed by atoms with van der Waals surface area (Å²) in [5, 5.41) is 8.61. The minimum Gasteiger partial charge on any atom is -0.481 e. The predicted octanol–water partition coefficient (Wildman–Crippen LogP) is 1.08. The zero-order valence-corrected chi connectivity index (χ0v) is 10.7. The number of piperidine rings is 1. The van der Waals surface area contributed by atoms with Crippen LogP contribution in [-0.4, -0.2) is 42.6 Å². The third kappa shape index (κ3) is 4.47. The second-order valence-electron chi connectivity index (χ2n) is 4.37. The van der Waals surface area contributed by atoms with E-state index in [0.717, 1.165) is 12.8 Å². The Morgan fingerprint density at radius 1 is 1.53 bits per heavy atom. The molecular weight excluding hydrogens is 242 g/mol. The maximum Gasteiger partial charge on any atom is 0.303 e. The lowest BCUT2D eigenvalue weighted by molar-refractivity contribution is -0.137. The van der Waals surface area contributed by atoms with Crippen molar-refractivity contribution >= 4 is 16.0 Å². The summed E-state index contributed by atoms with van der Waals surface area (Å²) in [6.45, 7) is 4.42. The van der Waals surface area contributed by atoms with Gasteiger partial charge in [-0.25, -0.2) is 12.7 Å². The first kappa shape index (κ1) is 14.2. The molecule has 1 aliphatic rings. The van der Waals surface area contributed by atoms with Crippen LogP contribution in [0.2, 0.25) is 0 Å². The molecule has 1 heterocycles. The first-order valence-electron chi connectivity index (χ1n) is 5.76. The minimum atomic E-state index is -3.24. The SMILES string of the molecule is C=CCS(=O)(=O)N1CCCC(CCC(=O)O)C1. The Bertz CT molecular complexity index is 377. The second kappa shape index (κ2) is 6.16. The molecule has 1 aliphatic heterocycles. The van der Waals surface area contributed by atoms with Crippen molar-refractivity contribution in [3.05, 3.63) is 12.7 Å². The highest BCUT2D eigenvalue weighted by atomic mass is 32.2. The number of nitrogens with zero attached hydrogens (tertiary/aromatic N) is 1. The highest BCUT2D eigenvalue weighted by molar-refractivity contribution is 7.89. The fourth-order valence-electron chi connectivity index (χ4n) is 2.10. The molecule has 1 atom stereocenters. The van der Waals surface area contributed by atoms with Gasteiger partial charge in [-0.2, -0.15) is 0 Å². The van der Waals surface area contributed by atoms with Crippen molar-refractivity contribution in [1.29, 1.82) is 0 Å². The average Bonchev–Trinajstić information content (AvgIpc) is 2.27. The molecule has 1 saturated heterocycles. The zero-order chi connectivity index (χ0) is 12.9. The summed E-state index contributed by atoms with van der Waals surface area (Å²) in [6, 6.07) is 0. The smallest absolute Gasteiger partial charge is 0.303 e. The molecule has 0 aliphatic carbocycles. The van der Waals surface area contributed by atoms with Crippen molar-refractivity contribution in [2.24, 2.45) is 5.92 Å². The van der Waals surface area contributed by atoms with Crippen molar-refractivity contribution in [2.45, 2.75) is 25.7 Å². The molecule has 0 amide bonds. The van der Waals surface area contributed by atoms with E-state index in [1.54, 1.807) is 0 Å². The lowest BCUT2D eigenvalue weighted by Crippen LogP contribution is -2.40. The van der Waals surface area contributed by atoms with Crippen LogP contribution in [0.4, 0.5) is 0 Å². The van der Waals surface area contributed by atoms with Gasteiger partial charge in [0.2, 0.25) is 10.0 Å². The van der Waals surface area contributed by atoms with Crippen LogP contribution in [0.3, 0.4) is 0 Å². The van der Waals surface area contributed by atoms with E-state index in [9.17, 15) is 13.2 Å². The summed E-state index contributed by atoms with van der Waals surface area (Å²) < 4.78 is 25.1. The van der Waals surface area contributed by atoms with Crippen molar-refractivity contribution in [3.8, 4) is 0 Å². The largest absolute Gasteiger partial charge is 0.481 e. The van der Waals surface area contributed by atoms with Gasteiger partial charge in [0.25, 0.3) is 0 Å². The molecule has 0 bridgehead atoms. The van der Waals surface area contributed by atoms with Gasteiger partial charge >= 0.3 is 5.97 Å². The Balaban J connectivity index is 2.54. The molecule has 6 heteroatoms. The van der Waals surface area contributed by atoms with Gasteiger partial charge in [-0.15, -0.1) is 6.58 Å². The quantitative estimate of drug-likeness (QED) is 0.726. The van der Waals surface area contributed by atoms with E-state index in [2.05, 4.69) is 6.58 Å². The van der Waals surface area contributed by atoms with Crippen molar-refractivity contribution in [1.82, 2.24) is 4.31 Å². The van der Waals surface area contributed by atoms with Crippen LogP contribution in [0.15, 0.2) is 12.7 Å². The molecule has 1 unspecified atom stereocenters. The topological polar surface area (TPSA) is 74.7 Å². The molecular formula is C11H19NO4S. The molecule has 1 fully saturated rings. The van der Waals surface area contributed by atoms with Gasteiger partial charge < -0.3 is 5.11 Å². The maximum absolute atomic E-state index is 11.8. The standard InChI is InChI=1S/C11H19NO4S/c1-2-8-17(15,16)12-7-3-4-10(9-12)5-6-11(13)14/h2,10H,1,3-9H2,(H,13,14). The Hall–Kier alpha value is -0.880. The first-order valence-corrected chi connectivity index (χ1v) is 7.37. The van der Waals surface area contributed by atoms with Crippen LogP contribution in [0.5, 0.6) is 0 Å². The number of carbonyl (C=O) groups is 1. The lowest BCUT2D eigenvalue weighted by atomic mass is 9.95. The van der Waals surface area contributed by atoms with Crippen molar-refractivity contribution in [3.63, 3.8) is 0 Å². The molecule has 1 N–H and O–H groups in total. The number of carboxylic acid groups (broad SMARTS) is 1. The lowest BCUT2D eigenvalue weighted by Gasteiger charge is -2.31. The molecule has 5 nitrogen and oxygen atoms in total. The fraction of sp³-hybridized carbons (Fsp3) is 0.727. The fourth-order valence-corrected chi connectivity index (χ4v) is 3.45. The maximum atomic E-state index is 11.8. The number of rotatable bonds is 6. The van der Waals surface area contributed by atoms with Gasteiger partial charge in [-0.3, -0.25) is 4.79 Å². The van der Waals surface area contributed by atoms with Crippen LogP contribution in [0.1, 0.15) is 25.7 Å². The van der Waals surface area contributed by atoms with Gasteiger partial charge in [-0.05, 0) is 25.2 Å². The van der Waals surface area contributed by atoms with Gasteiger partial charge in [0.1, 0.15) is 0 Å². The Morgan fingerprint density at radius 3 is 2.82 bits per heavy atom. The van der Waals surface area contributed by atoms with Crippen LogP contribution < -0.4 is 0 Å². The number of aliphatic carboxylic acids is 1. The van der Waals surface area contributed by atoms with Crippen LogP contribution in [0.25, 0.3) is 0 Å². The summed E-state index contributed by atoms with van der Waals surface area (Å²) in [5.74, 6) is -0.700. The number of carboxylic acids is 1. The summed E-state index contributed by atoms with van der Waals surface area (Å²) in [5.41, 5.74) is 0. The Labute approximate surface area is 102 Å². The number of hydrogen-bond acceptors (Lipinski definition) is 3. The van der Waals surface area contributed by atoms with E-state index in [1.807, 2.05) is 0 Å². The third-order valence-electron chi connectivity index (χ3n) is 2.97. The highest BCUT2D eigenvalue weighted by Gasteiger charge is 2.27. The second-order valence-corrected chi connectivity index (χ2v) is 6.38. The van der Waals surface area contributed by atoms with E-state index in [4.69, 9.17) is 5.11 Å². The normalized spacial score (nSPS) is 22.2. The zero-order valence-electron chi connectivity index (χ0n) is 9.84. The molecule has 98 valence electrons. The molecule has 0 aromatic heterocycles. The Morgan fingerprint density at radius 2 is 2.24 bits per heavy atom. The van der Waals surface area contributed by atoms with Gasteiger partial charge in [0, 0.05) is 19.5 Å². The summed E-state index contributed by atoms with van der Waals surface area (Å²) in [4.78, 5) is 10.5. The highest BCUT2D eigenvalue weighted by Crippen LogP contribution is 2.23. The average molecular weight is 261 g/mol. The molecule has 0 aromatic carbocycles.